The topological polar surface area (TPSA) is 51.7 Å². The van der Waals surface area contributed by atoms with E-state index in [1.54, 1.807) is 35.5 Å². The number of benzene rings is 2. The van der Waals surface area contributed by atoms with E-state index < -0.39 is 0 Å². The maximum Gasteiger partial charge on any atom is 0.258 e. The van der Waals surface area contributed by atoms with E-state index in [1.165, 1.54) is 0 Å². The molecule has 5 nitrogen and oxygen atoms in total. The van der Waals surface area contributed by atoms with Crippen LogP contribution in [0.5, 0.6) is 11.5 Å². The van der Waals surface area contributed by atoms with Crippen LogP contribution < -0.4 is 14.4 Å². The number of pyridine rings is 1. The Hall–Kier alpha value is -3.34. The second-order valence-corrected chi connectivity index (χ2v) is 6.12. The van der Waals surface area contributed by atoms with Gasteiger partial charge < -0.3 is 14.4 Å². The molecule has 0 aliphatic rings. The summed E-state index contributed by atoms with van der Waals surface area (Å²) in [7, 11) is 0. The lowest BCUT2D eigenvalue weighted by Gasteiger charge is -2.22. The minimum atomic E-state index is -0.0738. The highest BCUT2D eigenvalue weighted by molar-refractivity contribution is 6.06. The number of carbonyl (C=O) groups excluding carboxylic acids is 1. The zero-order chi connectivity index (χ0) is 19.8. The summed E-state index contributed by atoms with van der Waals surface area (Å²) >= 11 is 0. The third-order valence-electron chi connectivity index (χ3n) is 4.26. The molecule has 3 aromatic rings. The molecule has 2 aromatic carbocycles. The van der Waals surface area contributed by atoms with E-state index >= 15 is 0 Å². The van der Waals surface area contributed by atoms with Crippen molar-refractivity contribution in [3.63, 3.8) is 0 Å². The lowest BCUT2D eigenvalue weighted by molar-refractivity contribution is 0.0987. The van der Waals surface area contributed by atoms with Crippen LogP contribution in [-0.4, -0.2) is 24.0 Å². The van der Waals surface area contributed by atoms with Crippen LogP contribution in [-0.2, 0) is 6.61 Å². The molecule has 5 heteroatoms. The summed E-state index contributed by atoms with van der Waals surface area (Å²) in [5.41, 5.74) is 2.44. The first-order valence-electron chi connectivity index (χ1n) is 9.38. The van der Waals surface area contributed by atoms with Gasteiger partial charge in [-0.05, 0) is 61.9 Å². The van der Waals surface area contributed by atoms with Crippen LogP contribution in [0.1, 0.15) is 29.8 Å². The van der Waals surface area contributed by atoms with Gasteiger partial charge in [0.15, 0.2) is 11.5 Å². The Labute approximate surface area is 165 Å². The van der Waals surface area contributed by atoms with Crippen molar-refractivity contribution in [2.24, 2.45) is 0 Å². The van der Waals surface area contributed by atoms with E-state index in [0.717, 1.165) is 11.3 Å². The van der Waals surface area contributed by atoms with Crippen molar-refractivity contribution in [3.05, 3.63) is 84.2 Å². The van der Waals surface area contributed by atoms with Gasteiger partial charge in [0.1, 0.15) is 6.61 Å². The summed E-state index contributed by atoms with van der Waals surface area (Å²) in [5.74, 6) is 1.10. The molecule has 0 spiro atoms. The van der Waals surface area contributed by atoms with Crippen LogP contribution in [0.2, 0.25) is 0 Å². The fraction of sp³-hybridized carbons (Fsp3) is 0.217. The lowest BCUT2D eigenvalue weighted by atomic mass is 10.1. The summed E-state index contributed by atoms with van der Waals surface area (Å²) in [6.45, 7) is 5.33. The van der Waals surface area contributed by atoms with Gasteiger partial charge in [0.25, 0.3) is 5.91 Å². The average molecular weight is 376 g/mol. The number of ether oxygens (including phenoxy) is 2. The highest BCUT2D eigenvalue weighted by atomic mass is 16.5. The molecule has 3 rings (SSSR count). The zero-order valence-corrected chi connectivity index (χ0v) is 16.2. The molecule has 1 aromatic heterocycles. The van der Waals surface area contributed by atoms with Crippen molar-refractivity contribution in [2.45, 2.75) is 20.5 Å². The molecule has 0 unspecified atom stereocenters. The van der Waals surface area contributed by atoms with Crippen molar-refractivity contribution in [2.75, 3.05) is 18.1 Å². The van der Waals surface area contributed by atoms with Crippen LogP contribution in [0.25, 0.3) is 0 Å². The monoisotopic (exact) mass is 376 g/mol. The molecule has 28 heavy (non-hydrogen) atoms. The highest BCUT2D eigenvalue weighted by Gasteiger charge is 2.18. The summed E-state index contributed by atoms with van der Waals surface area (Å²) in [6, 6.07) is 18.8. The van der Waals surface area contributed by atoms with Gasteiger partial charge in [-0.15, -0.1) is 0 Å². The molecule has 0 radical (unpaired) electrons. The zero-order valence-electron chi connectivity index (χ0n) is 16.2. The number of rotatable bonds is 8. The van der Waals surface area contributed by atoms with Gasteiger partial charge in [0, 0.05) is 30.2 Å². The number of anilines is 1. The first-order chi connectivity index (χ1) is 13.7. The molecule has 144 valence electrons. The Morgan fingerprint density at radius 2 is 1.68 bits per heavy atom. The Balaban J connectivity index is 1.82. The van der Waals surface area contributed by atoms with Gasteiger partial charge in [-0.1, -0.05) is 18.2 Å². The van der Waals surface area contributed by atoms with Gasteiger partial charge in [-0.2, -0.15) is 0 Å². The molecular weight excluding hydrogens is 352 g/mol. The number of hydrogen-bond donors (Lipinski definition) is 0. The minimum absolute atomic E-state index is 0.0738. The van der Waals surface area contributed by atoms with E-state index in [1.807, 2.05) is 56.3 Å². The molecular formula is C23H24N2O3. The predicted molar refractivity (Wildman–Crippen MR) is 110 cm³/mol. The van der Waals surface area contributed by atoms with Gasteiger partial charge in [0.2, 0.25) is 0 Å². The maximum absolute atomic E-state index is 13.0. The molecule has 0 aliphatic carbocycles. The number of para-hydroxylation sites is 1. The van der Waals surface area contributed by atoms with Crippen LogP contribution in [0.4, 0.5) is 5.69 Å². The maximum atomic E-state index is 13.0. The van der Waals surface area contributed by atoms with Crippen molar-refractivity contribution >= 4 is 11.6 Å². The third-order valence-corrected chi connectivity index (χ3v) is 4.26. The van der Waals surface area contributed by atoms with Crippen LogP contribution >= 0.6 is 0 Å². The van der Waals surface area contributed by atoms with E-state index in [9.17, 15) is 4.79 Å². The Morgan fingerprint density at radius 1 is 0.929 bits per heavy atom. The van der Waals surface area contributed by atoms with Crippen molar-refractivity contribution in [1.29, 1.82) is 0 Å². The van der Waals surface area contributed by atoms with E-state index in [-0.39, 0.29) is 5.91 Å². The second-order valence-electron chi connectivity index (χ2n) is 6.12. The van der Waals surface area contributed by atoms with E-state index in [4.69, 9.17) is 9.47 Å². The first-order valence-corrected chi connectivity index (χ1v) is 9.38. The molecule has 0 bridgehead atoms. The van der Waals surface area contributed by atoms with Crippen LogP contribution in [0.15, 0.2) is 73.1 Å². The largest absolute Gasteiger partial charge is 0.490 e. The molecule has 0 atom stereocenters. The van der Waals surface area contributed by atoms with E-state index in [2.05, 4.69) is 4.98 Å². The van der Waals surface area contributed by atoms with Crippen LogP contribution in [0, 0.1) is 0 Å². The van der Waals surface area contributed by atoms with E-state index in [0.29, 0.717) is 36.8 Å². The normalized spacial score (nSPS) is 10.4. The standard InChI is InChI=1S/C23H24N2O3/c1-3-25(20-8-6-5-7-9-20)23(26)19-10-11-21(22(16-19)27-4-2)28-17-18-12-14-24-15-13-18/h5-16H,3-4,17H2,1-2H3. The lowest BCUT2D eigenvalue weighted by Crippen LogP contribution is -2.30. The summed E-state index contributed by atoms with van der Waals surface area (Å²) in [4.78, 5) is 18.8. The molecule has 0 N–H and O–H groups in total. The molecule has 1 amide bonds. The van der Waals surface area contributed by atoms with Crippen molar-refractivity contribution < 1.29 is 14.3 Å². The molecule has 0 saturated carbocycles. The minimum Gasteiger partial charge on any atom is -0.490 e. The summed E-state index contributed by atoms with van der Waals surface area (Å²) in [5, 5.41) is 0. The van der Waals surface area contributed by atoms with Gasteiger partial charge in [-0.3, -0.25) is 9.78 Å². The van der Waals surface area contributed by atoms with Gasteiger partial charge in [0.05, 0.1) is 6.61 Å². The number of nitrogens with zero attached hydrogens (tertiary/aromatic N) is 2. The molecule has 0 saturated heterocycles. The number of hydrogen-bond acceptors (Lipinski definition) is 4. The quantitative estimate of drug-likeness (QED) is 0.570. The number of aromatic nitrogens is 1. The number of amides is 1. The predicted octanol–water partition coefficient (Wildman–Crippen LogP) is 4.73. The average Bonchev–Trinajstić information content (AvgIpc) is 2.75. The smallest absolute Gasteiger partial charge is 0.258 e. The third kappa shape index (κ3) is 4.68. The number of carbonyl (C=O) groups is 1. The summed E-state index contributed by atoms with van der Waals surface area (Å²) in [6.07, 6.45) is 3.46. The molecule has 0 fully saturated rings. The Bertz CT molecular complexity index is 898. The molecule has 0 aliphatic heterocycles. The second kappa shape index (κ2) is 9.55. The van der Waals surface area contributed by atoms with Gasteiger partial charge >= 0.3 is 0 Å². The first kappa shape index (κ1) is 19.4. The summed E-state index contributed by atoms with van der Waals surface area (Å²) < 4.78 is 11.6. The van der Waals surface area contributed by atoms with Crippen molar-refractivity contribution in [3.8, 4) is 11.5 Å². The van der Waals surface area contributed by atoms with Gasteiger partial charge in [-0.25, -0.2) is 0 Å². The highest BCUT2D eigenvalue weighted by Crippen LogP contribution is 2.30. The SMILES string of the molecule is CCOc1cc(C(=O)N(CC)c2ccccc2)ccc1OCc1ccncc1. The van der Waals surface area contributed by atoms with Crippen molar-refractivity contribution in [1.82, 2.24) is 4.98 Å². The fourth-order valence-corrected chi connectivity index (χ4v) is 2.88. The van der Waals surface area contributed by atoms with Crippen LogP contribution in [0.3, 0.4) is 0 Å². The Kier molecular flexibility index (Phi) is 6.63. The molecule has 1 heterocycles. The fourth-order valence-electron chi connectivity index (χ4n) is 2.88. The Morgan fingerprint density at radius 3 is 2.36 bits per heavy atom.